The second-order valence-corrected chi connectivity index (χ2v) is 7.19. The van der Waals surface area contributed by atoms with E-state index in [-0.39, 0.29) is 30.8 Å². The molecule has 0 atom stereocenters. The first-order valence-electron chi connectivity index (χ1n) is 8.80. The molecule has 0 unspecified atom stereocenters. The second-order valence-electron chi connectivity index (χ2n) is 6.08. The third-order valence-corrected chi connectivity index (χ3v) is 5.39. The molecular weight excluding hydrogens is 356 g/mol. The summed E-state index contributed by atoms with van der Waals surface area (Å²) in [4.78, 5) is 37.2. The molecule has 1 heterocycles. The number of amides is 3. The lowest BCUT2D eigenvalue weighted by atomic mass is 9.95. The zero-order valence-corrected chi connectivity index (χ0v) is 16.1. The van der Waals surface area contributed by atoms with E-state index in [2.05, 4.69) is 16.0 Å². The number of rotatable bonds is 9. The van der Waals surface area contributed by atoms with Crippen LogP contribution < -0.4 is 21.3 Å². The number of methoxy groups -OCH3 is 1. The van der Waals surface area contributed by atoms with E-state index in [0.717, 1.165) is 31.2 Å². The number of thiophene rings is 1. The van der Waals surface area contributed by atoms with E-state index in [1.807, 2.05) is 0 Å². The summed E-state index contributed by atoms with van der Waals surface area (Å²) < 4.78 is 4.97. The Labute approximate surface area is 157 Å². The number of hydrogen-bond donors (Lipinski definition) is 4. The van der Waals surface area contributed by atoms with E-state index in [1.54, 1.807) is 19.5 Å². The number of ether oxygens (including phenoxy) is 1. The molecule has 3 amide bonds. The molecule has 0 aliphatic heterocycles. The van der Waals surface area contributed by atoms with Crippen molar-refractivity contribution in [2.24, 2.45) is 0 Å². The SMILES string of the molecule is CNC(=O)C[NH2+]CC(=O)Nc1sc2c(c1C(=O)NCCOC)CCCC2. The average Bonchev–Trinajstić information content (AvgIpc) is 2.99. The van der Waals surface area contributed by atoms with Crippen LogP contribution in [0, 0.1) is 0 Å². The number of nitrogens with one attached hydrogen (secondary N) is 3. The minimum Gasteiger partial charge on any atom is -0.383 e. The summed E-state index contributed by atoms with van der Waals surface area (Å²) in [6.45, 7) is 1.18. The first-order chi connectivity index (χ1) is 12.6. The average molecular weight is 383 g/mol. The van der Waals surface area contributed by atoms with Gasteiger partial charge in [0.25, 0.3) is 17.7 Å². The van der Waals surface area contributed by atoms with Gasteiger partial charge >= 0.3 is 0 Å². The molecule has 8 nitrogen and oxygen atoms in total. The van der Waals surface area contributed by atoms with Crippen LogP contribution in [0.2, 0.25) is 0 Å². The zero-order chi connectivity index (χ0) is 18.9. The van der Waals surface area contributed by atoms with Crippen LogP contribution in [0.25, 0.3) is 0 Å². The maximum absolute atomic E-state index is 12.6. The molecule has 1 aromatic rings. The Morgan fingerprint density at radius 2 is 1.88 bits per heavy atom. The third-order valence-electron chi connectivity index (χ3n) is 4.18. The van der Waals surface area contributed by atoms with Crippen LogP contribution in [0.3, 0.4) is 0 Å². The summed E-state index contributed by atoms with van der Waals surface area (Å²) in [6, 6.07) is 0. The highest BCUT2D eigenvalue weighted by Crippen LogP contribution is 2.38. The number of hydrogen-bond acceptors (Lipinski definition) is 5. The highest BCUT2D eigenvalue weighted by molar-refractivity contribution is 7.17. The molecule has 144 valence electrons. The first kappa shape index (κ1) is 20.3. The van der Waals surface area contributed by atoms with Crippen molar-refractivity contribution in [3.63, 3.8) is 0 Å². The monoisotopic (exact) mass is 383 g/mol. The number of carbonyl (C=O) groups excluding carboxylic acids is 3. The van der Waals surface area contributed by atoms with Crippen LogP contribution in [-0.2, 0) is 27.2 Å². The Morgan fingerprint density at radius 3 is 2.62 bits per heavy atom. The Morgan fingerprint density at radius 1 is 1.15 bits per heavy atom. The minimum atomic E-state index is -0.224. The smallest absolute Gasteiger partial charge is 0.280 e. The van der Waals surface area contributed by atoms with E-state index >= 15 is 0 Å². The quantitative estimate of drug-likeness (QED) is 0.420. The Balaban J connectivity index is 2.06. The van der Waals surface area contributed by atoms with Crippen molar-refractivity contribution in [3.8, 4) is 0 Å². The zero-order valence-electron chi connectivity index (χ0n) is 15.3. The fourth-order valence-electron chi connectivity index (χ4n) is 2.86. The largest absolute Gasteiger partial charge is 0.383 e. The van der Waals surface area contributed by atoms with Gasteiger partial charge in [-0.2, -0.15) is 0 Å². The van der Waals surface area contributed by atoms with E-state index in [0.29, 0.717) is 23.7 Å². The van der Waals surface area contributed by atoms with Crippen molar-refractivity contribution in [1.82, 2.24) is 10.6 Å². The molecule has 0 radical (unpaired) electrons. The minimum absolute atomic E-state index is 0.126. The summed E-state index contributed by atoms with van der Waals surface area (Å²) in [7, 11) is 3.14. The van der Waals surface area contributed by atoms with Gasteiger partial charge in [0, 0.05) is 25.6 Å². The standard InChI is InChI=1S/C17H26N4O4S/c1-18-13(22)9-19-10-14(23)21-17-15(16(24)20-7-8-25-2)11-5-3-4-6-12(11)26-17/h19H,3-10H2,1-2H3,(H,18,22)(H,20,24)(H,21,23)/p+1. The van der Waals surface area contributed by atoms with Crippen molar-refractivity contribution in [2.45, 2.75) is 25.7 Å². The molecule has 0 saturated heterocycles. The number of fused-ring (bicyclic) bond motifs is 1. The normalized spacial score (nSPS) is 13.0. The maximum atomic E-state index is 12.6. The molecule has 0 saturated carbocycles. The molecule has 1 aliphatic rings. The Kier molecular flexibility index (Phi) is 8.02. The first-order valence-corrected chi connectivity index (χ1v) is 9.62. The number of anilines is 1. The van der Waals surface area contributed by atoms with Crippen molar-refractivity contribution in [3.05, 3.63) is 16.0 Å². The maximum Gasteiger partial charge on any atom is 0.280 e. The van der Waals surface area contributed by atoms with Crippen molar-refractivity contribution >= 4 is 34.1 Å². The number of quaternary nitrogens is 1. The van der Waals surface area contributed by atoms with Gasteiger partial charge in [-0.25, -0.2) is 0 Å². The van der Waals surface area contributed by atoms with Crippen LogP contribution in [0.4, 0.5) is 5.00 Å². The van der Waals surface area contributed by atoms with Crippen molar-refractivity contribution in [2.75, 3.05) is 45.7 Å². The summed E-state index contributed by atoms with van der Waals surface area (Å²) in [5, 5.41) is 10.4. The molecule has 26 heavy (non-hydrogen) atoms. The Hall–Kier alpha value is -1.97. The van der Waals surface area contributed by atoms with Crippen LogP contribution in [-0.4, -0.2) is 58.1 Å². The van der Waals surface area contributed by atoms with Crippen LogP contribution in [0.15, 0.2) is 0 Å². The molecule has 1 aromatic heterocycles. The van der Waals surface area contributed by atoms with Crippen LogP contribution in [0.5, 0.6) is 0 Å². The number of carbonyl (C=O) groups is 3. The summed E-state index contributed by atoms with van der Waals surface area (Å²) in [6.07, 6.45) is 3.95. The van der Waals surface area contributed by atoms with Crippen LogP contribution >= 0.6 is 11.3 Å². The van der Waals surface area contributed by atoms with Gasteiger partial charge < -0.3 is 26.0 Å². The van der Waals surface area contributed by atoms with Gasteiger partial charge in [0.05, 0.1) is 12.2 Å². The summed E-state index contributed by atoms with van der Waals surface area (Å²) in [5.41, 5.74) is 1.64. The molecule has 0 aromatic carbocycles. The fraction of sp³-hybridized carbons (Fsp3) is 0.588. The summed E-state index contributed by atoms with van der Waals surface area (Å²) >= 11 is 1.48. The molecule has 9 heteroatoms. The lowest BCUT2D eigenvalue weighted by molar-refractivity contribution is -0.632. The second kappa shape index (κ2) is 10.2. The predicted octanol–water partition coefficient (Wildman–Crippen LogP) is -0.749. The lowest BCUT2D eigenvalue weighted by Gasteiger charge is -2.13. The number of nitrogens with two attached hydrogens (primary N) is 1. The highest BCUT2D eigenvalue weighted by atomic mass is 32.1. The van der Waals surface area contributed by atoms with E-state index in [1.165, 1.54) is 16.2 Å². The lowest BCUT2D eigenvalue weighted by Crippen LogP contribution is -2.88. The summed E-state index contributed by atoms with van der Waals surface area (Å²) in [5.74, 6) is -0.535. The molecule has 2 rings (SSSR count). The fourth-order valence-corrected chi connectivity index (χ4v) is 4.17. The number of likely N-dealkylation sites (N-methyl/N-ethyl adjacent to an activating group) is 1. The van der Waals surface area contributed by atoms with Gasteiger partial charge in [-0.05, 0) is 31.2 Å². The van der Waals surface area contributed by atoms with E-state index in [9.17, 15) is 14.4 Å². The van der Waals surface area contributed by atoms with Crippen molar-refractivity contribution < 1.29 is 24.4 Å². The van der Waals surface area contributed by atoms with Gasteiger partial charge in [-0.1, -0.05) is 0 Å². The molecule has 0 bridgehead atoms. The van der Waals surface area contributed by atoms with E-state index < -0.39 is 0 Å². The highest BCUT2D eigenvalue weighted by Gasteiger charge is 2.26. The molecule has 0 fully saturated rings. The van der Waals surface area contributed by atoms with Gasteiger partial charge in [0.15, 0.2) is 13.1 Å². The third kappa shape index (κ3) is 5.52. The number of aryl methyl sites for hydroxylation is 1. The molecular formula is C17H27N4O4S+. The molecule has 5 N–H and O–H groups in total. The molecule has 1 aliphatic carbocycles. The Bertz CT molecular complexity index is 659. The van der Waals surface area contributed by atoms with Gasteiger partial charge in [-0.3, -0.25) is 14.4 Å². The van der Waals surface area contributed by atoms with Crippen molar-refractivity contribution in [1.29, 1.82) is 0 Å². The van der Waals surface area contributed by atoms with E-state index in [4.69, 9.17) is 4.74 Å². The topological polar surface area (TPSA) is 113 Å². The van der Waals surface area contributed by atoms with Gasteiger partial charge in [0.1, 0.15) is 5.00 Å². The predicted molar refractivity (Wildman–Crippen MR) is 99.5 cm³/mol. The van der Waals surface area contributed by atoms with Gasteiger partial charge in [-0.15, -0.1) is 11.3 Å². The van der Waals surface area contributed by atoms with Crippen LogP contribution in [0.1, 0.15) is 33.6 Å². The van der Waals surface area contributed by atoms with Gasteiger partial charge in [0.2, 0.25) is 0 Å². The molecule has 0 spiro atoms.